The Kier molecular flexibility index (Phi) is 10.4. The molecular formula is C33H34Cl2N6O4. The fraction of sp³-hybridized carbons (Fsp3) is 0.273. The lowest BCUT2D eigenvalue weighted by Crippen LogP contribution is -2.59. The molecule has 4 amide bonds. The van der Waals surface area contributed by atoms with E-state index in [9.17, 15) is 19.2 Å². The van der Waals surface area contributed by atoms with Crippen molar-refractivity contribution in [2.75, 3.05) is 6.54 Å². The summed E-state index contributed by atoms with van der Waals surface area (Å²) in [5.41, 5.74) is 9.37. The molecule has 0 bridgehead atoms. The van der Waals surface area contributed by atoms with Crippen molar-refractivity contribution in [1.29, 1.82) is 0 Å². The zero-order chi connectivity index (χ0) is 31.9. The number of H-pyrrole nitrogens is 1. The lowest BCUT2D eigenvalue weighted by Gasteiger charge is -2.27. The summed E-state index contributed by atoms with van der Waals surface area (Å²) in [4.78, 5) is 56.9. The SMILES string of the molecule is N[C@H]1CC(=O)N[C@@H](Cc2c[nH]c3ccccc23)C(=O)N[C@@H](Cc2ccccc2)C(=O)N[C@H](Cc2ccc(Cl)c(Cl)c2)CNC1=O. The van der Waals surface area contributed by atoms with Gasteiger partial charge in [0.15, 0.2) is 0 Å². The van der Waals surface area contributed by atoms with E-state index >= 15 is 0 Å². The average Bonchev–Trinajstić information content (AvgIpc) is 3.43. The Morgan fingerprint density at radius 2 is 1.42 bits per heavy atom. The molecule has 1 aliphatic heterocycles. The number of aromatic amines is 1. The first-order valence-corrected chi connectivity index (χ1v) is 15.4. The van der Waals surface area contributed by atoms with Gasteiger partial charge in [0.2, 0.25) is 23.6 Å². The summed E-state index contributed by atoms with van der Waals surface area (Å²) in [6, 6.07) is 18.2. The number of fused-ring (bicyclic) bond motifs is 1. The number of rotatable bonds is 6. The van der Waals surface area contributed by atoms with Crippen LogP contribution < -0.4 is 27.0 Å². The van der Waals surface area contributed by atoms with Crippen LogP contribution in [0.3, 0.4) is 0 Å². The fourth-order valence-electron chi connectivity index (χ4n) is 5.39. The number of benzene rings is 3. The van der Waals surface area contributed by atoms with Gasteiger partial charge < -0.3 is 32.0 Å². The second-order valence-corrected chi connectivity index (χ2v) is 12.0. The number of hydrogen-bond acceptors (Lipinski definition) is 5. The van der Waals surface area contributed by atoms with E-state index in [-0.39, 0.29) is 25.8 Å². The van der Waals surface area contributed by atoms with Crippen molar-refractivity contribution in [3.8, 4) is 0 Å². The van der Waals surface area contributed by atoms with E-state index in [4.69, 9.17) is 28.9 Å². The van der Waals surface area contributed by atoms with Gasteiger partial charge in [0.1, 0.15) is 12.1 Å². The van der Waals surface area contributed by atoms with Crippen LogP contribution in [0, 0.1) is 0 Å². The second-order valence-electron chi connectivity index (χ2n) is 11.1. The Balaban J connectivity index is 1.45. The maximum atomic E-state index is 13.9. The highest BCUT2D eigenvalue weighted by Crippen LogP contribution is 2.23. The van der Waals surface area contributed by atoms with Gasteiger partial charge in [0.05, 0.1) is 28.5 Å². The lowest BCUT2D eigenvalue weighted by molar-refractivity contribution is -0.133. The van der Waals surface area contributed by atoms with Crippen LogP contribution in [0.4, 0.5) is 0 Å². The van der Waals surface area contributed by atoms with E-state index in [2.05, 4.69) is 26.3 Å². The molecule has 3 aromatic carbocycles. The number of nitrogens with one attached hydrogen (secondary N) is 5. The highest BCUT2D eigenvalue weighted by Gasteiger charge is 2.31. The summed E-state index contributed by atoms with van der Waals surface area (Å²) >= 11 is 12.3. The number of carbonyl (C=O) groups is 4. The van der Waals surface area contributed by atoms with Crippen LogP contribution in [0.1, 0.15) is 23.1 Å². The standard InChI is InChI=1S/C33H34Cl2N6O4/c34-24-11-10-20(13-25(24)35)12-22-18-38-31(43)26(36)16-30(42)40-29(15-21-17-37-27-9-5-4-8-23(21)27)33(45)41-28(32(44)39-22)14-19-6-2-1-3-7-19/h1-11,13,17,22,26,28-29,37H,12,14-16,18,36H2,(H,38,43)(H,39,44)(H,40,42)(H,41,45)/t22-,26+,28+,29+/m1/s1. The molecule has 0 aliphatic carbocycles. The van der Waals surface area contributed by atoms with Gasteiger partial charge in [-0.3, -0.25) is 19.2 Å². The Labute approximate surface area is 270 Å². The van der Waals surface area contributed by atoms with Gasteiger partial charge in [0.25, 0.3) is 0 Å². The predicted octanol–water partition coefficient (Wildman–Crippen LogP) is 2.80. The highest BCUT2D eigenvalue weighted by molar-refractivity contribution is 6.42. The predicted molar refractivity (Wildman–Crippen MR) is 174 cm³/mol. The molecule has 45 heavy (non-hydrogen) atoms. The molecular weight excluding hydrogens is 615 g/mol. The number of halogens is 2. The molecule has 1 aromatic heterocycles. The van der Waals surface area contributed by atoms with Gasteiger partial charge in [0, 0.05) is 36.5 Å². The van der Waals surface area contributed by atoms with Crippen LogP contribution in [-0.2, 0) is 38.4 Å². The van der Waals surface area contributed by atoms with Gasteiger partial charge in [-0.05, 0) is 41.3 Å². The number of aromatic nitrogens is 1. The summed E-state index contributed by atoms with van der Waals surface area (Å²) in [6.45, 7) is 0.0231. The number of para-hydroxylation sites is 1. The van der Waals surface area contributed by atoms with Crippen LogP contribution in [0.15, 0.2) is 79.0 Å². The summed E-state index contributed by atoms with van der Waals surface area (Å²) in [5.74, 6) is -2.12. The van der Waals surface area contributed by atoms with Crippen molar-refractivity contribution in [2.45, 2.75) is 49.9 Å². The smallest absolute Gasteiger partial charge is 0.243 e. The minimum Gasteiger partial charge on any atom is -0.361 e. The molecule has 7 N–H and O–H groups in total. The van der Waals surface area contributed by atoms with Crippen LogP contribution in [-0.4, -0.2) is 59.3 Å². The summed E-state index contributed by atoms with van der Waals surface area (Å²) in [5, 5.41) is 13.0. The molecule has 0 unspecified atom stereocenters. The van der Waals surface area contributed by atoms with E-state index in [0.717, 1.165) is 27.6 Å². The van der Waals surface area contributed by atoms with Crippen LogP contribution in [0.2, 0.25) is 10.0 Å². The topological polar surface area (TPSA) is 158 Å². The van der Waals surface area contributed by atoms with Crippen molar-refractivity contribution in [3.63, 3.8) is 0 Å². The largest absolute Gasteiger partial charge is 0.361 e. The third-order valence-corrected chi connectivity index (χ3v) is 8.48. The monoisotopic (exact) mass is 648 g/mol. The van der Waals surface area contributed by atoms with Crippen molar-refractivity contribution in [3.05, 3.63) is 106 Å². The molecule has 1 fully saturated rings. The Morgan fingerprint density at radius 3 is 2.20 bits per heavy atom. The van der Waals surface area contributed by atoms with Crippen molar-refractivity contribution in [2.24, 2.45) is 5.73 Å². The molecule has 4 aromatic rings. The number of carbonyl (C=O) groups excluding carboxylic acids is 4. The minimum atomic E-state index is -1.17. The van der Waals surface area contributed by atoms with Crippen LogP contribution in [0.5, 0.6) is 0 Å². The van der Waals surface area contributed by atoms with Crippen molar-refractivity contribution < 1.29 is 19.2 Å². The summed E-state index contributed by atoms with van der Waals surface area (Å²) in [6.07, 6.45) is 2.09. The maximum absolute atomic E-state index is 13.9. The summed E-state index contributed by atoms with van der Waals surface area (Å²) in [7, 11) is 0. The molecule has 1 saturated heterocycles. The van der Waals surface area contributed by atoms with Crippen LogP contribution in [0.25, 0.3) is 10.9 Å². The van der Waals surface area contributed by atoms with Crippen molar-refractivity contribution in [1.82, 2.24) is 26.3 Å². The highest BCUT2D eigenvalue weighted by atomic mass is 35.5. The zero-order valence-electron chi connectivity index (χ0n) is 24.3. The number of hydrogen-bond donors (Lipinski definition) is 6. The number of amides is 4. The Hall–Kier alpha value is -4.38. The minimum absolute atomic E-state index is 0.0231. The van der Waals surface area contributed by atoms with E-state index in [0.29, 0.717) is 16.5 Å². The molecule has 10 nitrogen and oxygen atoms in total. The molecule has 234 valence electrons. The maximum Gasteiger partial charge on any atom is 0.243 e. The normalized spacial score (nSPS) is 21.8. The third kappa shape index (κ3) is 8.42. The average molecular weight is 650 g/mol. The van der Waals surface area contributed by atoms with Gasteiger partial charge >= 0.3 is 0 Å². The van der Waals surface area contributed by atoms with Crippen LogP contribution >= 0.6 is 23.2 Å². The third-order valence-electron chi connectivity index (χ3n) is 7.74. The molecule has 4 atom stereocenters. The van der Waals surface area contributed by atoms with Crippen molar-refractivity contribution >= 4 is 57.7 Å². The Bertz CT molecular complexity index is 1700. The van der Waals surface area contributed by atoms with E-state index in [1.807, 2.05) is 54.6 Å². The summed E-state index contributed by atoms with van der Waals surface area (Å²) < 4.78 is 0. The van der Waals surface area contributed by atoms with Gasteiger partial charge in [-0.1, -0.05) is 77.8 Å². The molecule has 12 heteroatoms. The molecule has 0 spiro atoms. The van der Waals surface area contributed by atoms with E-state index < -0.39 is 47.8 Å². The van der Waals surface area contributed by atoms with Gasteiger partial charge in [-0.15, -0.1) is 0 Å². The Morgan fingerprint density at radius 1 is 0.711 bits per heavy atom. The first-order valence-electron chi connectivity index (χ1n) is 14.6. The zero-order valence-corrected chi connectivity index (χ0v) is 25.8. The molecule has 5 rings (SSSR count). The fourth-order valence-corrected chi connectivity index (χ4v) is 5.71. The first-order chi connectivity index (χ1) is 21.7. The van der Waals surface area contributed by atoms with Gasteiger partial charge in [-0.25, -0.2) is 0 Å². The quantitative estimate of drug-likeness (QED) is 0.189. The molecule has 1 aliphatic rings. The molecule has 0 saturated carbocycles. The van der Waals surface area contributed by atoms with E-state index in [1.165, 1.54) is 0 Å². The molecule has 0 radical (unpaired) electrons. The second kappa shape index (κ2) is 14.6. The van der Waals surface area contributed by atoms with Gasteiger partial charge in [-0.2, -0.15) is 0 Å². The molecule has 2 heterocycles. The lowest BCUT2D eigenvalue weighted by atomic mass is 10.0. The first kappa shape index (κ1) is 32.0. The number of nitrogens with two attached hydrogens (primary N) is 1. The van der Waals surface area contributed by atoms with E-state index in [1.54, 1.807) is 24.4 Å².